The Bertz CT molecular complexity index is 710. The number of benzene rings is 1. The van der Waals surface area contributed by atoms with Crippen LogP contribution in [0.1, 0.15) is 42.3 Å². The minimum absolute atomic E-state index is 0.110. The molecular weight excluding hydrogens is 283 g/mol. The van der Waals surface area contributed by atoms with E-state index in [-0.39, 0.29) is 17.4 Å². The first kappa shape index (κ1) is 14.7. The molecule has 1 N–H and O–H groups in total. The Hall–Kier alpha value is -2.24. The molecule has 22 heavy (non-hydrogen) atoms. The normalized spacial score (nSPS) is 17.1. The Kier molecular flexibility index (Phi) is 3.92. The summed E-state index contributed by atoms with van der Waals surface area (Å²) in [5.74, 6) is 1.10. The van der Waals surface area contributed by atoms with Crippen LogP contribution in [0.25, 0.3) is 0 Å². The zero-order valence-corrected chi connectivity index (χ0v) is 12.8. The van der Waals surface area contributed by atoms with Gasteiger partial charge in [-0.05, 0) is 25.5 Å². The summed E-state index contributed by atoms with van der Waals surface area (Å²) in [5, 5.41) is 7.75. The number of hydrogen-bond donors (Lipinski definition) is 1. The summed E-state index contributed by atoms with van der Waals surface area (Å²) in [7, 11) is 0. The van der Waals surface area contributed by atoms with E-state index in [1.807, 2.05) is 11.6 Å². The second-order valence-electron chi connectivity index (χ2n) is 5.58. The Morgan fingerprint density at radius 1 is 1.50 bits per heavy atom. The number of carbonyl (C=O) groups is 1. The SMILES string of the molecule is CCc1nc2n(n1)CC(Nc1cccc(F)c1C(C)=O)CC2. The highest BCUT2D eigenvalue weighted by atomic mass is 19.1. The van der Waals surface area contributed by atoms with Crippen molar-refractivity contribution < 1.29 is 9.18 Å². The number of halogens is 1. The number of aromatic nitrogens is 3. The number of hydrogen-bond acceptors (Lipinski definition) is 4. The summed E-state index contributed by atoms with van der Waals surface area (Å²) in [5.41, 5.74) is 0.679. The van der Waals surface area contributed by atoms with Gasteiger partial charge in [-0.25, -0.2) is 14.1 Å². The summed E-state index contributed by atoms with van der Waals surface area (Å²) in [6.07, 6.45) is 2.53. The zero-order chi connectivity index (χ0) is 15.7. The molecule has 116 valence electrons. The molecule has 0 radical (unpaired) electrons. The number of anilines is 1. The van der Waals surface area contributed by atoms with Gasteiger partial charge in [0.25, 0.3) is 0 Å². The third kappa shape index (κ3) is 2.73. The summed E-state index contributed by atoms with van der Waals surface area (Å²) < 4.78 is 15.8. The summed E-state index contributed by atoms with van der Waals surface area (Å²) in [6, 6.07) is 4.78. The lowest BCUT2D eigenvalue weighted by atomic mass is 10.0. The number of Topliss-reactive ketones (excluding diaryl/α,β-unsaturated/α-hetero) is 1. The predicted octanol–water partition coefficient (Wildman–Crippen LogP) is 2.61. The summed E-state index contributed by atoms with van der Waals surface area (Å²) >= 11 is 0. The van der Waals surface area contributed by atoms with Gasteiger partial charge in [-0.3, -0.25) is 4.79 Å². The molecule has 0 amide bonds. The Morgan fingerprint density at radius 3 is 3.05 bits per heavy atom. The van der Waals surface area contributed by atoms with E-state index in [9.17, 15) is 9.18 Å². The fourth-order valence-electron chi connectivity index (χ4n) is 2.85. The van der Waals surface area contributed by atoms with Crippen LogP contribution in [0, 0.1) is 5.82 Å². The van der Waals surface area contributed by atoms with Crippen molar-refractivity contribution in [2.24, 2.45) is 0 Å². The van der Waals surface area contributed by atoms with Gasteiger partial charge in [0.1, 0.15) is 11.6 Å². The van der Waals surface area contributed by atoms with Crippen molar-refractivity contribution in [3.63, 3.8) is 0 Å². The van der Waals surface area contributed by atoms with Crippen LogP contribution in [-0.4, -0.2) is 26.6 Å². The van der Waals surface area contributed by atoms with E-state index >= 15 is 0 Å². The third-order valence-corrected chi connectivity index (χ3v) is 3.94. The first-order valence-electron chi connectivity index (χ1n) is 7.57. The molecule has 1 aromatic carbocycles. The van der Waals surface area contributed by atoms with E-state index in [2.05, 4.69) is 15.4 Å². The third-order valence-electron chi connectivity index (χ3n) is 3.94. The van der Waals surface area contributed by atoms with E-state index in [0.29, 0.717) is 12.2 Å². The van der Waals surface area contributed by atoms with Crippen molar-refractivity contribution in [2.45, 2.75) is 45.7 Å². The van der Waals surface area contributed by atoms with Gasteiger partial charge in [0.2, 0.25) is 0 Å². The molecule has 6 heteroatoms. The molecule has 0 spiro atoms. The van der Waals surface area contributed by atoms with Crippen molar-refractivity contribution in [3.8, 4) is 0 Å². The molecular formula is C16H19FN4O. The zero-order valence-electron chi connectivity index (χ0n) is 12.8. The van der Waals surface area contributed by atoms with Crippen molar-refractivity contribution in [2.75, 3.05) is 5.32 Å². The van der Waals surface area contributed by atoms with Gasteiger partial charge in [-0.15, -0.1) is 0 Å². The van der Waals surface area contributed by atoms with Crippen LogP contribution in [0.5, 0.6) is 0 Å². The Morgan fingerprint density at radius 2 is 2.32 bits per heavy atom. The lowest BCUT2D eigenvalue weighted by Gasteiger charge is -2.25. The molecule has 0 fully saturated rings. The van der Waals surface area contributed by atoms with Crippen molar-refractivity contribution in [1.29, 1.82) is 0 Å². The number of fused-ring (bicyclic) bond motifs is 1. The molecule has 1 aliphatic rings. The fraction of sp³-hybridized carbons (Fsp3) is 0.438. The first-order chi connectivity index (χ1) is 10.6. The minimum Gasteiger partial charge on any atom is -0.380 e. The van der Waals surface area contributed by atoms with Crippen LogP contribution in [0.4, 0.5) is 10.1 Å². The van der Waals surface area contributed by atoms with Gasteiger partial charge < -0.3 is 5.32 Å². The lowest BCUT2D eigenvalue weighted by molar-refractivity contribution is 0.101. The van der Waals surface area contributed by atoms with Gasteiger partial charge in [-0.1, -0.05) is 13.0 Å². The summed E-state index contributed by atoms with van der Waals surface area (Å²) in [6.45, 7) is 4.09. The standard InChI is InChI=1S/C16H19FN4O/c1-3-14-19-15-8-7-11(9-21(15)20-14)18-13-6-4-5-12(17)16(13)10(2)22/h4-6,11,18H,3,7-9H2,1-2H3. The highest BCUT2D eigenvalue weighted by molar-refractivity contribution is 5.99. The number of rotatable bonds is 4. The van der Waals surface area contributed by atoms with Gasteiger partial charge in [0, 0.05) is 24.6 Å². The van der Waals surface area contributed by atoms with E-state index < -0.39 is 5.82 Å². The molecule has 0 saturated heterocycles. The average molecular weight is 302 g/mol. The smallest absolute Gasteiger partial charge is 0.164 e. The predicted molar refractivity (Wildman–Crippen MR) is 81.5 cm³/mol. The fourth-order valence-corrected chi connectivity index (χ4v) is 2.85. The molecule has 1 unspecified atom stereocenters. The summed E-state index contributed by atoms with van der Waals surface area (Å²) in [4.78, 5) is 16.1. The average Bonchev–Trinajstić information content (AvgIpc) is 2.89. The maximum atomic E-state index is 13.9. The van der Waals surface area contributed by atoms with Crippen molar-refractivity contribution in [1.82, 2.24) is 14.8 Å². The number of aryl methyl sites for hydroxylation is 2. The quantitative estimate of drug-likeness (QED) is 0.882. The van der Waals surface area contributed by atoms with Crippen LogP contribution in [0.3, 0.4) is 0 Å². The van der Waals surface area contributed by atoms with Gasteiger partial charge >= 0.3 is 0 Å². The maximum Gasteiger partial charge on any atom is 0.164 e. The van der Waals surface area contributed by atoms with E-state index in [1.54, 1.807) is 12.1 Å². The molecule has 1 aromatic heterocycles. The molecule has 2 heterocycles. The first-order valence-corrected chi connectivity index (χ1v) is 7.57. The lowest BCUT2D eigenvalue weighted by Crippen LogP contribution is -2.32. The van der Waals surface area contributed by atoms with E-state index in [4.69, 9.17) is 0 Å². The van der Waals surface area contributed by atoms with Crippen LogP contribution in [-0.2, 0) is 19.4 Å². The van der Waals surface area contributed by atoms with E-state index in [0.717, 1.165) is 30.9 Å². The number of carbonyl (C=O) groups excluding carboxylic acids is 1. The topological polar surface area (TPSA) is 59.8 Å². The van der Waals surface area contributed by atoms with Crippen LogP contribution in [0.2, 0.25) is 0 Å². The number of ketones is 1. The van der Waals surface area contributed by atoms with Gasteiger partial charge in [-0.2, -0.15) is 5.10 Å². The maximum absolute atomic E-state index is 13.9. The van der Waals surface area contributed by atoms with Gasteiger partial charge in [0.05, 0.1) is 12.1 Å². The molecule has 2 aromatic rings. The highest BCUT2D eigenvalue weighted by Gasteiger charge is 2.23. The number of nitrogens with one attached hydrogen (secondary N) is 1. The van der Waals surface area contributed by atoms with Crippen molar-refractivity contribution in [3.05, 3.63) is 41.2 Å². The second-order valence-corrected chi connectivity index (χ2v) is 5.58. The molecule has 1 atom stereocenters. The molecule has 0 bridgehead atoms. The van der Waals surface area contributed by atoms with Crippen LogP contribution < -0.4 is 5.32 Å². The molecule has 3 rings (SSSR count). The monoisotopic (exact) mass is 302 g/mol. The highest BCUT2D eigenvalue weighted by Crippen LogP contribution is 2.23. The largest absolute Gasteiger partial charge is 0.380 e. The molecule has 0 saturated carbocycles. The Balaban J connectivity index is 1.80. The molecule has 0 aliphatic carbocycles. The molecule has 5 nitrogen and oxygen atoms in total. The van der Waals surface area contributed by atoms with Gasteiger partial charge in [0.15, 0.2) is 11.6 Å². The van der Waals surface area contributed by atoms with E-state index in [1.165, 1.54) is 13.0 Å². The van der Waals surface area contributed by atoms with Crippen molar-refractivity contribution >= 4 is 11.5 Å². The number of nitrogens with zero attached hydrogens (tertiary/aromatic N) is 3. The second kappa shape index (κ2) is 5.87. The Labute approximate surface area is 128 Å². The van der Waals surface area contributed by atoms with Crippen LogP contribution in [0.15, 0.2) is 18.2 Å². The minimum atomic E-state index is -0.483. The molecule has 1 aliphatic heterocycles. The van der Waals surface area contributed by atoms with Crippen LogP contribution >= 0.6 is 0 Å².